The van der Waals surface area contributed by atoms with E-state index in [1.807, 2.05) is 24.3 Å². The van der Waals surface area contributed by atoms with Crippen LogP contribution < -0.4 is 15.7 Å². The van der Waals surface area contributed by atoms with Crippen LogP contribution in [0.4, 0.5) is 5.13 Å². The van der Waals surface area contributed by atoms with Gasteiger partial charge in [0.15, 0.2) is 6.17 Å². The van der Waals surface area contributed by atoms with Gasteiger partial charge in [-0.1, -0.05) is 23.5 Å². The molecule has 0 radical (unpaired) electrons. The van der Waals surface area contributed by atoms with E-state index in [0.717, 1.165) is 10.2 Å². The second-order valence-corrected chi connectivity index (χ2v) is 4.95. The molecule has 2 atom stereocenters. The van der Waals surface area contributed by atoms with Crippen LogP contribution in [0.1, 0.15) is 0 Å². The Labute approximate surface area is 96.7 Å². The van der Waals surface area contributed by atoms with E-state index >= 15 is 0 Å². The van der Waals surface area contributed by atoms with Crippen LogP contribution in [0.15, 0.2) is 24.3 Å². The second kappa shape index (κ2) is 3.47. The van der Waals surface area contributed by atoms with Crippen molar-refractivity contribution in [3.8, 4) is 0 Å². The molecule has 0 saturated carbocycles. The standard InChI is InChI=1S/C10H12N4OS/c11-9-5-12-6-14(9,15)10-13-7-3-1-2-4-8(7)16-10/h1-4,9,12H,5-6,11H2. The van der Waals surface area contributed by atoms with Crippen molar-refractivity contribution < 1.29 is 0 Å². The number of quaternary nitrogens is 1. The first-order valence-corrected chi connectivity index (χ1v) is 5.93. The Balaban J connectivity index is 2.12. The van der Waals surface area contributed by atoms with E-state index in [1.54, 1.807) is 0 Å². The van der Waals surface area contributed by atoms with E-state index in [2.05, 4.69) is 10.3 Å². The Hall–Kier alpha value is -1.05. The first kappa shape index (κ1) is 10.1. The van der Waals surface area contributed by atoms with Gasteiger partial charge in [0.25, 0.3) is 5.13 Å². The number of hydrogen-bond acceptors (Lipinski definition) is 5. The zero-order chi connectivity index (χ0) is 11.2. The number of benzene rings is 1. The van der Waals surface area contributed by atoms with Crippen LogP contribution in [0.25, 0.3) is 10.2 Å². The molecule has 0 spiro atoms. The molecule has 2 unspecified atom stereocenters. The van der Waals surface area contributed by atoms with Gasteiger partial charge in [-0.2, -0.15) is 4.98 Å². The minimum Gasteiger partial charge on any atom is -0.623 e. The number of nitrogens with zero attached hydrogens (tertiary/aromatic N) is 2. The maximum atomic E-state index is 12.5. The minimum atomic E-state index is -0.556. The van der Waals surface area contributed by atoms with Crippen molar-refractivity contribution in [2.24, 2.45) is 5.73 Å². The van der Waals surface area contributed by atoms with Gasteiger partial charge in [-0.25, -0.2) is 0 Å². The molecule has 0 aliphatic carbocycles. The lowest BCUT2D eigenvalue weighted by Gasteiger charge is -2.37. The molecule has 1 fully saturated rings. The Morgan fingerprint density at radius 3 is 3.00 bits per heavy atom. The van der Waals surface area contributed by atoms with E-state index in [-0.39, 0.29) is 0 Å². The van der Waals surface area contributed by atoms with Crippen LogP contribution in [-0.4, -0.2) is 24.4 Å². The molecule has 5 nitrogen and oxygen atoms in total. The van der Waals surface area contributed by atoms with Crippen LogP contribution in [0.3, 0.4) is 0 Å². The molecular formula is C10H12N4OS. The molecule has 0 amide bonds. The molecule has 1 saturated heterocycles. The van der Waals surface area contributed by atoms with Gasteiger partial charge in [0.2, 0.25) is 0 Å². The highest BCUT2D eigenvalue weighted by molar-refractivity contribution is 7.22. The van der Waals surface area contributed by atoms with E-state index in [1.165, 1.54) is 11.3 Å². The molecule has 2 heterocycles. The summed E-state index contributed by atoms with van der Waals surface area (Å²) in [7, 11) is 0. The molecule has 1 aliphatic heterocycles. The molecule has 6 heteroatoms. The van der Waals surface area contributed by atoms with Gasteiger partial charge in [-0.15, -0.1) is 0 Å². The molecule has 0 bridgehead atoms. The summed E-state index contributed by atoms with van der Waals surface area (Å²) in [5.41, 5.74) is 6.70. The van der Waals surface area contributed by atoms with Crippen molar-refractivity contribution in [2.45, 2.75) is 6.17 Å². The summed E-state index contributed by atoms with van der Waals surface area (Å²) < 4.78 is 0.476. The molecule has 1 aromatic heterocycles. The van der Waals surface area contributed by atoms with Crippen molar-refractivity contribution >= 4 is 26.7 Å². The Morgan fingerprint density at radius 1 is 1.50 bits per heavy atom. The molecule has 16 heavy (non-hydrogen) atoms. The SMILES string of the molecule is NC1CNC[N+]1([O-])c1nc2ccccc2s1. The number of para-hydroxylation sites is 1. The van der Waals surface area contributed by atoms with Crippen LogP contribution in [0.2, 0.25) is 0 Å². The summed E-state index contributed by atoms with van der Waals surface area (Å²) >= 11 is 1.43. The van der Waals surface area contributed by atoms with E-state index < -0.39 is 10.8 Å². The summed E-state index contributed by atoms with van der Waals surface area (Å²) in [5.74, 6) is 0. The second-order valence-electron chi connectivity index (χ2n) is 3.94. The number of hydroxylamine groups is 2. The van der Waals surface area contributed by atoms with Gasteiger partial charge in [-0.05, 0) is 12.1 Å². The van der Waals surface area contributed by atoms with Gasteiger partial charge < -0.3 is 5.21 Å². The van der Waals surface area contributed by atoms with Gasteiger partial charge in [0.05, 0.1) is 16.8 Å². The molecule has 3 rings (SSSR count). The van der Waals surface area contributed by atoms with Crippen LogP contribution in [-0.2, 0) is 0 Å². The third-order valence-corrected chi connectivity index (χ3v) is 3.99. The Bertz CT molecular complexity index is 495. The minimum absolute atomic E-state index is 0.307. The number of aromatic nitrogens is 1. The normalized spacial score (nSPS) is 30.0. The first-order valence-electron chi connectivity index (χ1n) is 5.11. The molecule has 1 aliphatic rings. The number of rotatable bonds is 1. The average Bonchev–Trinajstić information content (AvgIpc) is 2.84. The largest absolute Gasteiger partial charge is 0.623 e. The topological polar surface area (TPSA) is 74.0 Å². The number of fused-ring (bicyclic) bond motifs is 1. The monoisotopic (exact) mass is 236 g/mol. The summed E-state index contributed by atoms with van der Waals surface area (Å²) in [4.78, 5) is 4.38. The van der Waals surface area contributed by atoms with Gasteiger partial charge in [0.1, 0.15) is 6.67 Å². The van der Waals surface area contributed by atoms with Crippen molar-refractivity contribution in [3.63, 3.8) is 0 Å². The fourth-order valence-corrected chi connectivity index (χ4v) is 2.93. The maximum absolute atomic E-state index is 12.5. The summed E-state index contributed by atoms with van der Waals surface area (Å²) in [6.07, 6.45) is -0.458. The summed E-state index contributed by atoms with van der Waals surface area (Å²) in [6, 6.07) is 7.75. The lowest BCUT2D eigenvalue weighted by atomic mass is 10.3. The fraction of sp³-hybridized carbons (Fsp3) is 0.300. The van der Waals surface area contributed by atoms with E-state index in [0.29, 0.717) is 18.3 Å². The third-order valence-electron chi connectivity index (χ3n) is 2.84. The highest BCUT2D eigenvalue weighted by Crippen LogP contribution is 2.34. The van der Waals surface area contributed by atoms with Crippen LogP contribution >= 0.6 is 11.3 Å². The predicted molar refractivity (Wildman–Crippen MR) is 65.6 cm³/mol. The van der Waals surface area contributed by atoms with Crippen molar-refractivity contribution in [3.05, 3.63) is 29.5 Å². The predicted octanol–water partition coefficient (Wildman–Crippen LogP) is 0.947. The zero-order valence-corrected chi connectivity index (χ0v) is 9.41. The van der Waals surface area contributed by atoms with Crippen molar-refractivity contribution in [1.29, 1.82) is 0 Å². The molecule has 1 aromatic carbocycles. The third kappa shape index (κ3) is 1.35. The summed E-state index contributed by atoms with van der Waals surface area (Å²) in [5, 5.41) is 16.0. The number of thiazole rings is 1. The molecule has 84 valence electrons. The lowest BCUT2D eigenvalue weighted by Crippen LogP contribution is -2.53. The zero-order valence-electron chi connectivity index (χ0n) is 8.59. The number of nitrogens with one attached hydrogen (secondary N) is 1. The highest BCUT2D eigenvalue weighted by atomic mass is 32.1. The number of nitrogens with two attached hydrogens (primary N) is 1. The van der Waals surface area contributed by atoms with E-state index in [9.17, 15) is 5.21 Å². The lowest BCUT2D eigenvalue weighted by molar-refractivity contribution is 0.357. The smallest absolute Gasteiger partial charge is 0.289 e. The fourth-order valence-electron chi connectivity index (χ4n) is 1.87. The van der Waals surface area contributed by atoms with Crippen LogP contribution in [0, 0.1) is 5.21 Å². The molecular weight excluding hydrogens is 224 g/mol. The van der Waals surface area contributed by atoms with Gasteiger partial charge in [-0.3, -0.25) is 15.7 Å². The Kier molecular flexibility index (Phi) is 2.20. The van der Waals surface area contributed by atoms with Crippen LogP contribution in [0.5, 0.6) is 0 Å². The number of hydrogen-bond donors (Lipinski definition) is 2. The van der Waals surface area contributed by atoms with E-state index in [4.69, 9.17) is 5.73 Å². The van der Waals surface area contributed by atoms with Gasteiger partial charge in [0, 0.05) is 0 Å². The highest BCUT2D eigenvalue weighted by Gasteiger charge is 2.36. The average molecular weight is 236 g/mol. The maximum Gasteiger partial charge on any atom is 0.289 e. The Morgan fingerprint density at radius 2 is 2.31 bits per heavy atom. The summed E-state index contributed by atoms with van der Waals surface area (Å²) in [6.45, 7) is 0.848. The molecule has 2 aromatic rings. The first-order chi connectivity index (χ1) is 7.70. The van der Waals surface area contributed by atoms with Crippen molar-refractivity contribution in [2.75, 3.05) is 13.2 Å². The molecule has 3 N–H and O–H groups in total. The van der Waals surface area contributed by atoms with Crippen molar-refractivity contribution in [1.82, 2.24) is 14.9 Å². The van der Waals surface area contributed by atoms with Gasteiger partial charge >= 0.3 is 0 Å². The quantitative estimate of drug-likeness (QED) is 0.571.